The van der Waals surface area contributed by atoms with Gasteiger partial charge >= 0.3 is 0 Å². The number of ether oxygens (including phenoxy) is 2. The molecular weight excluding hydrogens is 570 g/mol. The first-order valence-electron chi connectivity index (χ1n) is 11.1. The van der Waals surface area contributed by atoms with Crippen LogP contribution in [0.2, 0.25) is 20.1 Å². The Morgan fingerprint density at radius 2 is 0.895 bits per heavy atom. The van der Waals surface area contributed by atoms with Gasteiger partial charge in [-0.15, -0.1) is 0 Å². The number of halogens is 4. The SMILES string of the molecule is COc1cc(-c2ccc(NC(=O)c3cc(Cl)cc(Cl)c3)c(OC)c2)ccc1NC(=O)c1cc(Cl)cc(Cl)c1. The van der Waals surface area contributed by atoms with Gasteiger partial charge < -0.3 is 20.1 Å². The van der Waals surface area contributed by atoms with Crippen molar-refractivity contribution < 1.29 is 19.1 Å². The van der Waals surface area contributed by atoms with E-state index in [1.807, 2.05) is 12.1 Å². The van der Waals surface area contributed by atoms with Gasteiger partial charge in [0.2, 0.25) is 0 Å². The molecule has 194 valence electrons. The van der Waals surface area contributed by atoms with Gasteiger partial charge in [0, 0.05) is 31.2 Å². The Bertz CT molecular complexity index is 1390. The predicted molar refractivity (Wildman–Crippen MR) is 154 cm³/mol. The highest BCUT2D eigenvalue weighted by Crippen LogP contribution is 2.35. The van der Waals surface area contributed by atoms with Crippen LogP contribution in [-0.4, -0.2) is 26.0 Å². The molecule has 0 aliphatic rings. The molecule has 0 fully saturated rings. The standard InChI is InChI=1S/C28H20Cl4N2O4/c1-37-25-11-15(3-5-23(25)33-27(35)17-7-19(29)13-20(30)8-17)16-4-6-24(26(12-16)38-2)34-28(36)18-9-21(31)14-22(32)10-18/h3-14H,1-2H3,(H,33,35)(H,34,36). The molecule has 0 atom stereocenters. The predicted octanol–water partition coefficient (Wildman–Crippen LogP) is 8.49. The van der Waals surface area contributed by atoms with Gasteiger partial charge in [-0.2, -0.15) is 0 Å². The summed E-state index contributed by atoms with van der Waals surface area (Å²) in [5.41, 5.74) is 3.15. The van der Waals surface area contributed by atoms with Crippen molar-refractivity contribution in [1.82, 2.24) is 0 Å². The molecule has 0 radical (unpaired) electrons. The second-order valence-corrected chi connectivity index (χ2v) is 9.80. The fourth-order valence-corrected chi connectivity index (χ4v) is 4.76. The molecule has 0 saturated carbocycles. The lowest BCUT2D eigenvalue weighted by atomic mass is 10.0. The van der Waals surface area contributed by atoms with Crippen LogP contribution in [0.1, 0.15) is 20.7 Å². The van der Waals surface area contributed by atoms with Gasteiger partial charge in [-0.25, -0.2) is 0 Å². The number of rotatable bonds is 7. The third kappa shape index (κ3) is 6.52. The van der Waals surface area contributed by atoms with E-state index >= 15 is 0 Å². The Kier molecular flexibility index (Phi) is 8.69. The highest BCUT2D eigenvalue weighted by Gasteiger charge is 2.15. The smallest absolute Gasteiger partial charge is 0.255 e. The summed E-state index contributed by atoms with van der Waals surface area (Å²) in [7, 11) is 3.01. The minimum absolute atomic E-state index is 0.316. The Labute approximate surface area is 239 Å². The number of hydrogen-bond acceptors (Lipinski definition) is 4. The van der Waals surface area contributed by atoms with E-state index in [-0.39, 0.29) is 11.8 Å². The summed E-state index contributed by atoms with van der Waals surface area (Å²) in [5.74, 6) is 0.114. The average molecular weight is 590 g/mol. The Morgan fingerprint density at radius 3 is 1.21 bits per heavy atom. The van der Waals surface area contributed by atoms with E-state index in [1.165, 1.54) is 38.5 Å². The zero-order chi connectivity index (χ0) is 27.4. The summed E-state index contributed by atoms with van der Waals surface area (Å²) in [6.07, 6.45) is 0. The second-order valence-electron chi connectivity index (χ2n) is 8.05. The minimum atomic E-state index is -0.386. The average Bonchev–Trinajstić information content (AvgIpc) is 2.88. The monoisotopic (exact) mass is 588 g/mol. The van der Waals surface area contributed by atoms with Crippen molar-refractivity contribution in [2.75, 3.05) is 24.9 Å². The molecule has 0 saturated heterocycles. The van der Waals surface area contributed by atoms with E-state index in [4.69, 9.17) is 55.9 Å². The van der Waals surface area contributed by atoms with Gasteiger partial charge in [-0.1, -0.05) is 58.5 Å². The fraction of sp³-hybridized carbons (Fsp3) is 0.0714. The second kappa shape index (κ2) is 12.0. The topological polar surface area (TPSA) is 76.7 Å². The Balaban J connectivity index is 1.57. The van der Waals surface area contributed by atoms with Crippen molar-refractivity contribution in [2.24, 2.45) is 0 Å². The molecule has 0 bridgehead atoms. The molecule has 4 aromatic rings. The molecule has 38 heavy (non-hydrogen) atoms. The highest BCUT2D eigenvalue weighted by molar-refractivity contribution is 6.36. The summed E-state index contributed by atoms with van der Waals surface area (Å²) >= 11 is 24.1. The van der Waals surface area contributed by atoms with Gasteiger partial charge in [0.25, 0.3) is 11.8 Å². The number of carbonyl (C=O) groups excluding carboxylic acids is 2. The number of nitrogens with one attached hydrogen (secondary N) is 2. The maximum Gasteiger partial charge on any atom is 0.255 e. The van der Waals surface area contributed by atoms with Crippen molar-refractivity contribution in [1.29, 1.82) is 0 Å². The maximum absolute atomic E-state index is 12.7. The van der Waals surface area contributed by atoms with Crippen LogP contribution in [0.3, 0.4) is 0 Å². The Morgan fingerprint density at radius 1 is 0.553 bits per heavy atom. The first-order valence-corrected chi connectivity index (χ1v) is 12.6. The summed E-state index contributed by atoms with van der Waals surface area (Å²) in [6, 6.07) is 19.9. The van der Waals surface area contributed by atoms with Gasteiger partial charge in [0.15, 0.2) is 0 Å². The molecule has 6 nitrogen and oxygen atoms in total. The van der Waals surface area contributed by atoms with Crippen LogP contribution in [0.15, 0.2) is 72.8 Å². The van der Waals surface area contributed by atoms with Crippen LogP contribution in [0, 0.1) is 0 Å². The lowest BCUT2D eigenvalue weighted by Crippen LogP contribution is -2.13. The van der Waals surface area contributed by atoms with E-state index in [1.54, 1.807) is 36.4 Å². The largest absolute Gasteiger partial charge is 0.495 e. The van der Waals surface area contributed by atoms with Crippen LogP contribution >= 0.6 is 46.4 Å². The third-order valence-corrected chi connectivity index (χ3v) is 6.36. The molecule has 0 spiro atoms. The van der Waals surface area contributed by atoms with Crippen molar-refractivity contribution in [3.8, 4) is 22.6 Å². The Hall–Kier alpha value is -3.42. The summed E-state index contributed by atoms with van der Waals surface area (Å²) in [6.45, 7) is 0. The van der Waals surface area contributed by atoms with E-state index in [2.05, 4.69) is 10.6 Å². The minimum Gasteiger partial charge on any atom is -0.495 e. The van der Waals surface area contributed by atoms with Crippen LogP contribution in [0.4, 0.5) is 11.4 Å². The summed E-state index contributed by atoms with van der Waals surface area (Å²) < 4.78 is 11.0. The van der Waals surface area contributed by atoms with Crippen molar-refractivity contribution in [3.05, 3.63) is 104 Å². The van der Waals surface area contributed by atoms with Gasteiger partial charge in [0.1, 0.15) is 11.5 Å². The van der Waals surface area contributed by atoms with E-state index in [0.29, 0.717) is 54.1 Å². The van der Waals surface area contributed by atoms with E-state index in [9.17, 15) is 9.59 Å². The number of hydrogen-bond donors (Lipinski definition) is 2. The number of carbonyl (C=O) groups is 2. The molecule has 0 aromatic heterocycles. The van der Waals surface area contributed by atoms with E-state index in [0.717, 1.165) is 11.1 Å². The maximum atomic E-state index is 12.7. The molecule has 0 aliphatic heterocycles. The zero-order valence-electron chi connectivity index (χ0n) is 20.1. The first kappa shape index (κ1) is 27.6. The first-order chi connectivity index (χ1) is 18.2. The van der Waals surface area contributed by atoms with Crippen molar-refractivity contribution in [2.45, 2.75) is 0 Å². The number of benzene rings is 4. The van der Waals surface area contributed by atoms with E-state index < -0.39 is 0 Å². The van der Waals surface area contributed by atoms with Gasteiger partial charge in [-0.3, -0.25) is 9.59 Å². The molecular formula is C28H20Cl4N2O4. The molecule has 4 aromatic carbocycles. The molecule has 0 aliphatic carbocycles. The highest BCUT2D eigenvalue weighted by atomic mass is 35.5. The zero-order valence-corrected chi connectivity index (χ0v) is 23.1. The number of amides is 2. The molecule has 4 rings (SSSR count). The normalized spacial score (nSPS) is 10.6. The molecule has 0 heterocycles. The number of methoxy groups -OCH3 is 2. The molecule has 2 N–H and O–H groups in total. The lowest BCUT2D eigenvalue weighted by molar-refractivity contribution is 0.101. The quantitative estimate of drug-likeness (QED) is 0.226. The molecule has 2 amide bonds. The lowest BCUT2D eigenvalue weighted by Gasteiger charge is -2.15. The third-order valence-electron chi connectivity index (χ3n) is 5.48. The van der Waals surface area contributed by atoms with Crippen molar-refractivity contribution in [3.63, 3.8) is 0 Å². The van der Waals surface area contributed by atoms with Crippen molar-refractivity contribution >= 4 is 69.6 Å². The van der Waals surface area contributed by atoms with Crippen LogP contribution < -0.4 is 20.1 Å². The molecule has 0 unspecified atom stereocenters. The van der Waals surface area contributed by atoms with Crippen LogP contribution in [0.5, 0.6) is 11.5 Å². The van der Waals surface area contributed by atoms with Crippen LogP contribution in [-0.2, 0) is 0 Å². The van der Waals surface area contributed by atoms with Gasteiger partial charge in [-0.05, 0) is 71.8 Å². The molecule has 10 heteroatoms. The van der Waals surface area contributed by atoms with Gasteiger partial charge in [0.05, 0.1) is 25.6 Å². The summed E-state index contributed by atoms with van der Waals surface area (Å²) in [4.78, 5) is 25.5. The van der Waals surface area contributed by atoms with Crippen LogP contribution in [0.25, 0.3) is 11.1 Å². The summed E-state index contributed by atoms with van der Waals surface area (Å²) in [5, 5.41) is 7.06. The fourth-order valence-electron chi connectivity index (χ4n) is 3.71. The number of anilines is 2.